The molecular formula is C27H30F2N6. The van der Waals surface area contributed by atoms with Gasteiger partial charge in [0.25, 0.3) is 0 Å². The zero-order valence-corrected chi connectivity index (χ0v) is 20.3. The Bertz CT molecular complexity index is 1230. The Balaban J connectivity index is 1.39. The fourth-order valence-electron chi connectivity index (χ4n) is 4.79. The van der Waals surface area contributed by atoms with E-state index < -0.39 is 5.82 Å². The van der Waals surface area contributed by atoms with Crippen LogP contribution in [-0.2, 0) is 6.42 Å². The highest BCUT2D eigenvalue weighted by Gasteiger charge is 2.22. The van der Waals surface area contributed by atoms with Crippen LogP contribution in [0.25, 0.3) is 11.3 Å². The summed E-state index contributed by atoms with van der Waals surface area (Å²) in [5.41, 5.74) is 3.57. The maximum Gasteiger partial charge on any atom is 0.227 e. The second kappa shape index (κ2) is 9.70. The minimum Gasteiger partial charge on any atom is -0.345 e. The van der Waals surface area contributed by atoms with Gasteiger partial charge in [0.2, 0.25) is 5.95 Å². The molecule has 0 saturated carbocycles. The summed E-state index contributed by atoms with van der Waals surface area (Å²) in [7, 11) is 2.14. The molecule has 1 saturated heterocycles. The summed E-state index contributed by atoms with van der Waals surface area (Å²) in [6.45, 7) is 6.22. The normalized spacial score (nSPS) is 16.6. The standard InChI is InChI=1S/C27H30F2N6/c1-17(2)35-10-4-5-21-22(28)13-19(14-25(21)35)26-23(29)16-31-27(33-26)32-20-6-7-24(30-15-20)18-8-11-34(3)12-9-18/h4,6-7,10,13-18H,5,8-9,11-12H2,1-3H3,(H,31,32,33). The number of piperidine rings is 1. The zero-order chi connectivity index (χ0) is 24.5. The van der Waals surface area contributed by atoms with E-state index in [0.29, 0.717) is 29.2 Å². The molecule has 0 atom stereocenters. The Morgan fingerprint density at radius 3 is 2.54 bits per heavy atom. The summed E-state index contributed by atoms with van der Waals surface area (Å²) in [4.78, 5) is 17.4. The third-order valence-electron chi connectivity index (χ3n) is 6.79. The van der Waals surface area contributed by atoms with E-state index in [2.05, 4.69) is 32.2 Å². The molecular weight excluding hydrogens is 446 g/mol. The quantitative estimate of drug-likeness (QED) is 0.513. The number of hydrogen-bond acceptors (Lipinski definition) is 6. The molecule has 2 aliphatic heterocycles. The predicted molar refractivity (Wildman–Crippen MR) is 135 cm³/mol. The van der Waals surface area contributed by atoms with Gasteiger partial charge in [-0.3, -0.25) is 4.98 Å². The first-order valence-corrected chi connectivity index (χ1v) is 12.1. The summed E-state index contributed by atoms with van der Waals surface area (Å²) in [5.74, 6) is -0.274. The van der Waals surface area contributed by atoms with Crippen molar-refractivity contribution in [1.82, 2.24) is 19.9 Å². The molecule has 0 unspecified atom stereocenters. The average Bonchev–Trinajstić information content (AvgIpc) is 2.86. The summed E-state index contributed by atoms with van der Waals surface area (Å²) in [6.07, 6.45) is 9.45. The van der Waals surface area contributed by atoms with Crippen LogP contribution in [0.1, 0.15) is 43.9 Å². The maximum absolute atomic E-state index is 15.0. The molecule has 0 aliphatic carbocycles. The van der Waals surface area contributed by atoms with Crippen molar-refractivity contribution in [3.05, 3.63) is 71.8 Å². The van der Waals surface area contributed by atoms with Crippen molar-refractivity contribution in [3.63, 3.8) is 0 Å². The van der Waals surface area contributed by atoms with Crippen molar-refractivity contribution in [3.8, 4) is 11.3 Å². The summed E-state index contributed by atoms with van der Waals surface area (Å²) in [5, 5.41) is 3.11. The number of halogens is 2. The summed E-state index contributed by atoms with van der Waals surface area (Å²) in [6, 6.07) is 7.25. The number of nitrogens with zero attached hydrogens (tertiary/aromatic N) is 5. The maximum atomic E-state index is 15.0. The van der Waals surface area contributed by atoms with Crippen molar-refractivity contribution in [2.75, 3.05) is 30.4 Å². The predicted octanol–water partition coefficient (Wildman–Crippen LogP) is 5.65. The lowest BCUT2D eigenvalue weighted by molar-refractivity contribution is 0.253. The summed E-state index contributed by atoms with van der Waals surface area (Å²) >= 11 is 0. The first-order valence-electron chi connectivity index (χ1n) is 12.1. The monoisotopic (exact) mass is 476 g/mol. The van der Waals surface area contributed by atoms with Crippen LogP contribution in [-0.4, -0.2) is 46.0 Å². The van der Waals surface area contributed by atoms with Crippen LogP contribution in [0.2, 0.25) is 0 Å². The fourth-order valence-corrected chi connectivity index (χ4v) is 4.79. The highest BCUT2D eigenvalue weighted by atomic mass is 19.1. The largest absolute Gasteiger partial charge is 0.345 e. The molecule has 0 spiro atoms. The number of hydrogen-bond donors (Lipinski definition) is 1. The van der Waals surface area contributed by atoms with Crippen LogP contribution in [0, 0.1) is 11.6 Å². The molecule has 0 radical (unpaired) electrons. The fraction of sp³-hybridized carbons (Fsp3) is 0.370. The number of benzene rings is 1. The number of pyridine rings is 1. The van der Waals surface area contributed by atoms with Crippen molar-refractivity contribution in [2.24, 2.45) is 0 Å². The minimum atomic E-state index is -0.604. The highest BCUT2D eigenvalue weighted by molar-refractivity contribution is 5.72. The van der Waals surface area contributed by atoms with Crippen LogP contribution < -0.4 is 10.2 Å². The third kappa shape index (κ3) is 4.89. The van der Waals surface area contributed by atoms with E-state index in [0.717, 1.165) is 43.5 Å². The topological polar surface area (TPSA) is 57.2 Å². The molecule has 1 aromatic carbocycles. The van der Waals surface area contributed by atoms with E-state index >= 15 is 0 Å². The van der Waals surface area contributed by atoms with Crippen LogP contribution in [0.15, 0.2) is 48.9 Å². The molecule has 2 aliphatic rings. The van der Waals surface area contributed by atoms with E-state index in [4.69, 9.17) is 0 Å². The number of likely N-dealkylation sites (tertiary alicyclic amines) is 1. The van der Waals surface area contributed by atoms with Crippen LogP contribution in [0.4, 0.5) is 26.1 Å². The number of fused-ring (bicyclic) bond motifs is 1. The Morgan fingerprint density at radius 2 is 1.83 bits per heavy atom. The van der Waals surface area contributed by atoms with Gasteiger partial charge < -0.3 is 15.1 Å². The van der Waals surface area contributed by atoms with Gasteiger partial charge in [-0.2, -0.15) is 0 Å². The van der Waals surface area contributed by atoms with Gasteiger partial charge >= 0.3 is 0 Å². The Kier molecular flexibility index (Phi) is 6.47. The van der Waals surface area contributed by atoms with Crippen LogP contribution in [0.3, 0.4) is 0 Å². The minimum absolute atomic E-state index is 0.0540. The molecule has 2 aromatic heterocycles. The molecule has 0 bridgehead atoms. The molecule has 5 rings (SSSR count). The SMILES string of the molecule is CC(C)N1C=CCc2c(F)cc(-c3nc(Nc4ccc(C5CCN(C)CC5)nc4)ncc3F)cc21. The number of rotatable bonds is 5. The van der Waals surface area contributed by atoms with Crippen LogP contribution in [0.5, 0.6) is 0 Å². The van der Waals surface area contributed by atoms with E-state index in [9.17, 15) is 8.78 Å². The van der Waals surface area contributed by atoms with Crippen molar-refractivity contribution in [2.45, 2.75) is 45.1 Å². The zero-order valence-electron chi connectivity index (χ0n) is 20.3. The lowest BCUT2D eigenvalue weighted by Crippen LogP contribution is -2.29. The number of anilines is 3. The molecule has 1 N–H and O–H groups in total. The first kappa shape index (κ1) is 23.4. The molecule has 35 heavy (non-hydrogen) atoms. The van der Waals surface area contributed by atoms with Gasteiger partial charge in [-0.1, -0.05) is 6.08 Å². The van der Waals surface area contributed by atoms with E-state index in [-0.39, 0.29) is 23.5 Å². The average molecular weight is 477 g/mol. The Hall–Kier alpha value is -3.39. The lowest BCUT2D eigenvalue weighted by Gasteiger charge is -2.30. The second-order valence-electron chi connectivity index (χ2n) is 9.61. The van der Waals surface area contributed by atoms with Gasteiger partial charge in [0.1, 0.15) is 11.5 Å². The Labute approximate surface area is 204 Å². The van der Waals surface area contributed by atoms with Crippen LogP contribution >= 0.6 is 0 Å². The lowest BCUT2D eigenvalue weighted by atomic mass is 9.93. The highest BCUT2D eigenvalue weighted by Crippen LogP contribution is 2.35. The van der Waals surface area contributed by atoms with Gasteiger partial charge in [0.15, 0.2) is 5.82 Å². The third-order valence-corrected chi connectivity index (χ3v) is 6.79. The van der Waals surface area contributed by atoms with Gasteiger partial charge in [-0.05, 0) is 77.5 Å². The number of nitrogens with one attached hydrogen (secondary N) is 1. The van der Waals surface area contributed by atoms with Gasteiger partial charge in [-0.15, -0.1) is 0 Å². The molecule has 6 nitrogen and oxygen atoms in total. The molecule has 4 heterocycles. The van der Waals surface area contributed by atoms with E-state index in [1.54, 1.807) is 12.3 Å². The number of aromatic nitrogens is 3. The summed E-state index contributed by atoms with van der Waals surface area (Å²) < 4.78 is 29.8. The second-order valence-corrected chi connectivity index (χ2v) is 9.61. The van der Waals surface area contributed by atoms with Gasteiger partial charge in [-0.25, -0.2) is 18.7 Å². The van der Waals surface area contributed by atoms with E-state index in [1.807, 2.05) is 43.2 Å². The molecule has 182 valence electrons. The van der Waals surface area contributed by atoms with Gasteiger partial charge in [0, 0.05) is 40.7 Å². The number of allylic oxidation sites excluding steroid dienone is 1. The van der Waals surface area contributed by atoms with Gasteiger partial charge in [0.05, 0.1) is 18.1 Å². The molecule has 8 heteroatoms. The Morgan fingerprint density at radius 1 is 1.03 bits per heavy atom. The van der Waals surface area contributed by atoms with Crippen molar-refractivity contribution >= 4 is 17.3 Å². The van der Waals surface area contributed by atoms with Crippen molar-refractivity contribution in [1.29, 1.82) is 0 Å². The van der Waals surface area contributed by atoms with Crippen molar-refractivity contribution < 1.29 is 8.78 Å². The molecule has 3 aromatic rings. The first-order chi connectivity index (χ1) is 16.9. The van der Waals surface area contributed by atoms with E-state index in [1.165, 1.54) is 6.07 Å². The molecule has 0 amide bonds. The molecule has 1 fully saturated rings. The smallest absolute Gasteiger partial charge is 0.227 e.